The smallest absolute Gasteiger partial charge is 0.245 e. The minimum absolute atomic E-state index is 0.117. The van der Waals surface area contributed by atoms with E-state index in [-0.39, 0.29) is 4.90 Å². The maximum absolute atomic E-state index is 12.9. The van der Waals surface area contributed by atoms with Gasteiger partial charge in [0.15, 0.2) is 9.84 Å². The molecule has 0 aliphatic carbocycles. The average molecular weight is 442 g/mol. The summed E-state index contributed by atoms with van der Waals surface area (Å²) in [6, 6.07) is 13.7. The van der Waals surface area contributed by atoms with Crippen molar-refractivity contribution in [3.63, 3.8) is 0 Å². The Morgan fingerprint density at radius 1 is 1.08 bits per heavy atom. The van der Waals surface area contributed by atoms with E-state index in [0.717, 1.165) is 15.8 Å². The van der Waals surface area contributed by atoms with Crippen LogP contribution in [0.3, 0.4) is 0 Å². The zero-order valence-electron chi connectivity index (χ0n) is 14.2. The summed E-state index contributed by atoms with van der Waals surface area (Å²) in [6.45, 7) is 2.84. The molecule has 0 saturated heterocycles. The minimum atomic E-state index is -3.83. The van der Waals surface area contributed by atoms with Crippen LogP contribution in [0.5, 0.6) is 0 Å². The zero-order chi connectivity index (χ0) is 18.7. The van der Waals surface area contributed by atoms with E-state index < -0.39 is 20.5 Å². The Morgan fingerprint density at radius 2 is 1.64 bits per heavy atom. The molecule has 0 atom stereocenters. The number of hydrogen-bond donors (Lipinski definition) is 1. The van der Waals surface area contributed by atoms with Crippen molar-refractivity contribution in [3.8, 4) is 0 Å². The number of carbonyl (C=O) groups is 1. The van der Waals surface area contributed by atoms with E-state index in [1.54, 1.807) is 36.0 Å². The molecule has 0 spiro atoms. The monoisotopic (exact) mass is 441 g/mol. The Balaban J connectivity index is 2.22. The van der Waals surface area contributed by atoms with Crippen molar-refractivity contribution >= 4 is 49.1 Å². The third-order valence-electron chi connectivity index (χ3n) is 3.87. The van der Waals surface area contributed by atoms with Crippen LogP contribution < -0.4 is 5.32 Å². The van der Waals surface area contributed by atoms with Crippen molar-refractivity contribution < 1.29 is 13.2 Å². The molecule has 1 N–H and O–H groups in total. The molecule has 0 heterocycles. The second-order valence-corrected chi connectivity index (χ2v) is 10.3. The van der Waals surface area contributed by atoms with Gasteiger partial charge in [0.1, 0.15) is 4.75 Å². The van der Waals surface area contributed by atoms with Gasteiger partial charge >= 0.3 is 0 Å². The van der Waals surface area contributed by atoms with Gasteiger partial charge in [0.2, 0.25) is 5.91 Å². The molecule has 0 bridgehead atoms. The lowest BCUT2D eigenvalue weighted by molar-refractivity contribution is -0.117. The Hall–Kier alpha value is -1.31. The molecule has 134 valence electrons. The van der Waals surface area contributed by atoms with Gasteiger partial charge in [-0.2, -0.15) is 11.8 Å². The van der Waals surface area contributed by atoms with Gasteiger partial charge in [0.05, 0.1) is 4.90 Å². The number of anilines is 1. The van der Waals surface area contributed by atoms with Gasteiger partial charge < -0.3 is 5.32 Å². The molecule has 0 saturated carbocycles. The molecule has 4 nitrogen and oxygen atoms in total. The van der Waals surface area contributed by atoms with Gasteiger partial charge in [-0.05, 0) is 62.1 Å². The molecule has 0 aromatic heterocycles. The van der Waals surface area contributed by atoms with E-state index in [2.05, 4.69) is 21.2 Å². The zero-order valence-corrected chi connectivity index (χ0v) is 17.5. The molecule has 2 aromatic carbocycles. The minimum Gasteiger partial charge on any atom is -0.325 e. The van der Waals surface area contributed by atoms with E-state index in [1.807, 2.05) is 18.4 Å². The number of amides is 1. The fourth-order valence-electron chi connectivity index (χ4n) is 2.16. The molecule has 0 radical (unpaired) electrons. The normalized spacial score (nSPS) is 12.0. The summed E-state index contributed by atoms with van der Waals surface area (Å²) < 4.78 is 24.9. The molecule has 0 fully saturated rings. The van der Waals surface area contributed by atoms with Crippen LogP contribution in [0, 0.1) is 0 Å². The van der Waals surface area contributed by atoms with Crippen molar-refractivity contribution in [1.29, 1.82) is 0 Å². The fourth-order valence-corrected chi connectivity index (χ4v) is 4.33. The molecule has 0 aliphatic rings. The van der Waals surface area contributed by atoms with Gasteiger partial charge in [-0.15, -0.1) is 0 Å². The average Bonchev–Trinajstić information content (AvgIpc) is 2.57. The lowest BCUT2D eigenvalue weighted by Gasteiger charge is -2.24. The van der Waals surface area contributed by atoms with Crippen LogP contribution in [0.15, 0.2) is 57.9 Å². The fraction of sp³-hybridized carbons (Fsp3) is 0.278. The molecule has 1 amide bonds. The number of hydrogen-bond acceptors (Lipinski definition) is 4. The van der Waals surface area contributed by atoms with Gasteiger partial charge in [-0.1, -0.05) is 28.1 Å². The largest absolute Gasteiger partial charge is 0.325 e. The first-order chi connectivity index (χ1) is 11.7. The van der Waals surface area contributed by atoms with Crippen molar-refractivity contribution in [2.24, 2.45) is 0 Å². The summed E-state index contributed by atoms with van der Waals surface area (Å²) >= 11 is 4.99. The van der Waals surface area contributed by atoms with Gasteiger partial charge in [-0.25, -0.2) is 8.42 Å². The van der Waals surface area contributed by atoms with Crippen LogP contribution in [-0.2, 0) is 20.4 Å². The number of halogens is 1. The van der Waals surface area contributed by atoms with Gasteiger partial charge in [0, 0.05) is 15.9 Å². The van der Waals surface area contributed by atoms with Crippen molar-refractivity contribution in [2.45, 2.75) is 29.2 Å². The van der Waals surface area contributed by atoms with Crippen LogP contribution in [0.4, 0.5) is 5.69 Å². The number of thioether (sulfide) groups is 1. The topological polar surface area (TPSA) is 63.2 Å². The van der Waals surface area contributed by atoms with Crippen LogP contribution in [0.1, 0.15) is 19.4 Å². The van der Waals surface area contributed by atoms with E-state index in [0.29, 0.717) is 5.69 Å². The summed E-state index contributed by atoms with van der Waals surface area (Å²) in [5, 5.41) is 2.70. The highest BCUT2D eigenvalue weighted by Gasteiger charge is 2.42. The number of carbonyl (C=O) groups excluding carboxylic acids is 1. The quantitative estimate of drug-likeness (QED) is 0.716. The summed E-state index contributed by atoms with van der Waals surface area (Å²) in [4.78, 5) is 12.7. The highest BCUT2D eigenvalue weighted by atomic mass is 79.9. The summed E-state index contributed by atoms with van der Waals surface area (Å²) in [6.07, 6.45) is 2.02. The molecule has 0 unspecified atom stereocenters. The first kappa shape index (κ1) is 20.0. The van der Waals surface area contributed by atoms with E-state index >= 15 is 0 Å². The Morgan fingerprint density at radius 3 is 2.16 bits per heavy atom. The molecule has 25 heavy (non-hydrogen) atoms. The Labute approximate surface area is 161 Å². The molecule has 2 aromatic rings. The molecular formula is C18H20BrNO3S2. The van der Waals surface area contributed by atoms with Crippen molar-refractivity contribution in [2.75, 3.05) is 11.6 Å². The summed E-state index contributed by atoms with van der Waals surface area (Å²) in [5.41, 5.74) is 1.72. The Kier molecular flexibility index (Phi) is 6.35. The van der Waals surface area contributed by atoms with E-state index in [1.165, 1.54) is 26.0 Å². The lowest BCUT2D eigenvalue weighted by Crippen LogP contribution is -2.44. The SMILES string of the molecule is CSCc1ccc(NC(=O)C(C)(C)S(=O)(=O)c2ccc(Br)cc2)cc1. The van der Waals surface area contributed by atoms with Gasteiger partial charge in [-0.3, -0.25) is 4.79 Å². The van der Waals surface area contributed by atoms with E-state index in [4.69, 9.17) is 0 Å². The molecule has 2 rings (SSSR count). The molecular weight excluding hydrogens is 422 g/mol. The summed E-state index contributed by atoms with van der Waals surface area (Å²) in [7, 11) is -3.83. The maximum atomic E-state index is 12.9. The lowest BCUT2D eigenvalue weighted by atomic mass is 10.1. The second-order valence-electron chi connectivity index (χ2n) is 6.05. The highest BCUT2D eigenvalue weighted by molar-refractivity contribution is 9.10. The number of benzene rings is 2. The van der Waals surface area contributed by atoms with Crippen LogP contribution in [0.2, 0.25) is 0 Å². The third kappa shape index (κ3) is 4.46. The molecule has 0 aliphatic heterocycles. The highest BCUT2D eigenvalue weighted by Crippen LogP contribution is 2.28. The predicted molar refractivity (Wildman–Crippen MR) is 108 cm³/mol. The van der Waals surface area contributed by atoms with E-state index in [9.17, 15) is 13.2 Å². The van der Waals surface area contributed by atoms with Crippen molar-refractivity contribution in [1.82, 2.24) is 0 Å². The number of rotatable bonds is 6. The number of sulfone groups is 1. The predicted octanol–water partition coefficient (Wildman–Crippen LogP) is 4.50. The summed E-state index contributed by atoms with van der Waals surface area (Å²) in [5.74, 6) is 0.325. The number of nitrogens with one attached hydrogen (secondary N) is 1. The first-order valence-electron chi connectivity index (χ1n) is 7.58. The van der Waals surface area contributed by atoms with Crippen molar-refractivity contribution in [3.05, 3.63) is 58.6 Å². The standard InChI is InChI=1S/C18H20BrNO3S2/c1-18(2,25(22,23)16-10-6-14(19)7-11-16)17(21)20-15-8-4-13(5-9-15)12-24-3/h4-11H,12H2,1-3H3,(H,20,21). The second kappa shape index (κ2) is 7.93. The van der Waals surface area contributed by atoms with Crippen LogP contribution >= 0.6 is 27.7 Å². The first-order valence-corrected chi connectivity index (χ1v) is 11.2. The molecule has 7 heteroatoms. The van der Waals surface area contributed by atoms with Crippen LogP contribution in [0.25, 0.3) is 0 Å². The maximum Gasteiger partial charge on any atom is 0.245 e. The van der Waals surface area contributed by atoms with Crippen LogP contribution in [-0.4, -0.2) is 25.3 Å². The Bertz CT molecular complexity index is 845. The van der Waals surface area contributed by atoms with Gasteiger partial charge in [0.25, 0.3) is 0 Å². The third-order valence-corrected chi connectivity index (χ3v) is 7.44.